The first-order valence-corrected chi connectivity index (χ1v) is 4.84. The fraction of sp³-hybridized carbons (Fsp3) is 0.333. The Kier molecular flexibility index (Phi) is 4.20. The van der Waals surface area contributed by atoms with Gasteiger partial charge in [0.15, 0.2) is 0 Å². The van der Waals surface area contributed by atoms with Crippen LogP contribution in [0.1, 0.15) is 18.9 Å². The molecule has 0 unspecified atom stereocenters. The van der Waals surface area contributed by atoms with Gasteiger partial charge in [0, 0.05) is 6.54 Å². The minimum Gasteiger partial charge on any atom is -0.489 e. The Labute approximate surface area is 85.4 Å². The van der Waals surface area contributed by atoms with Gasteiger partial charge in [-0.1, -0.05) is 25.6 Å². The van der Waals surface area contributed by atoms with E-state index in [9.17, 15) is 0 Å². The highest BCUT2D eigenvalue weighted by molar-refractivity contribution is 5.27. The van der Waals surface area contributed by atoms with Gasteiger partial charge in [-0.05, 0) is 29.7 Å². The summed E-state index contributed by atoms with van der Waals surface area (Å²) in [4.78, 5) is 0. The van der Waals surface area contributed by atoms with Gasteiger partial charge in [0.05, 0.1) is 0 Å². The van der Waals surface area contributed by atoms with Crippen LogP contribution < -0.4 is 10.5 Å². The maximum Gasteiger partial charge on any atom is 0.119 e. The second-order valence-electron chi connectivity index (χ2n) is 3.24. The molecule has 2 N–H and O–H groups in total. The van der Waals surface area contributed by atoms with E-state index < -0.39 is 0 Å². The second kappa shape index (κ2) is 5.45. The Hall–Kier alpha value is -1.28. The monoisotopic (exact) mass is 191 g/mol. The molecule has 0 aromatic heterocycles. The van der Waals surface area contributed by atoms with Crippen LogP contribution in [-0.4, -0.2) is 6.61 Å². The van der Waals surface area contributed by atoms with Crippen molar-refractivity contribution in [3.8, 4) is 5.75 Å². The maximum atomic E-state index is 5.52. The molecule has 1 aromatic rings. The van der Waals surface area contributed by atoms with Crippen molar-refractivity contribution in [2.45, 2.75) is 19.9 Å². The molecule has 0 amide bonds. The molecule has 0 saturated carbocycles. The van der Waals surface area contributed by atoms with Crippen molar-refractivity contribution in [2.75, 3.05) is 6.61 Å². The second-order valence-corrected chi connectivity index (χ2v) is 3.24. The van der Waals surface area contributed by atoms with Crippen LogP contribution in [-0.2, 0) is 6.54 Å². The number of ether oxygens (including phenoxy) is 1. The van der Waals surface area contributed by atoms with Crippen molar-refractivity contribution < 1.29 is 4.74 Å². The largest absolute Gasteiger partial charge is 0.489 e. The summed E-state index contributed by atoms with van der Waals surface area (Å²) in [6, 6.07) is 7.82. The molecular formula is C12H17NO. The van der Waals surface area contributed by atoms with Gasteiger partial charge in [-0.3, -0.25) is 0 Å². The zero-order chi connectivity index (χ0) is 10.4. The number of benzene rings is 1. The summed E-state index contributed by atoms with van der Waals surface area (Å²) in [7, 11) is 0. The number of nitrogens with two attached hydrogens (primary N) is 1. The Morgan fingerprint density at radius 1 is 1.36 bits per heavy atom. The molecule has 76 valence electrons. The van der Waals surface area contributed by atoms with Gasteiger partial charge >= 0.3 is 0 Å². The molecule has 0 aliphatic carbocycles. The first kappa shape index (κ1) is 10.8. The lowest BCUT2D eigenvalue weighted by atomic mass is 10.2. The SMILES string of the molecule is C=C(CC)COc1ccc(CN)cc1. The summed E-state index contributed by atoms with van der Waals surface area (Å²) in [5.74, 6) is 0.872. The van der Waals surface area contributed by atoms with Crippen molar-refractivity contribution in [1.82, 2.24) is 0 Å². The summed E-state index contributed by atoms with van der Waals surface area (Å²) in [5, 5.41) is 0. The van der Waals surface area contributed by atoms with Crippen molar-refractivity contribution in [3.63, 3.8) is 0 Å². The summed E-state index contributed by atoms with van der Waals surface area (Å²) in [6.07, 6.45) is 0.959. The van der Waals surface area contributed by atoms with E-state index >= 15 is 0 Å². The van der Waals surface area contributed by atoms with E-state index in [4.69, 9.17) is 10.5 Å². The normalized spacial score (nSPS) is 9.86. The fourth-order valence-electron chi connectivity index (χ4n) is 1.01. The van der Waals surface area contributed by atoms with Gasteiger partial charge < -0.3 is 10.5 Å². The van der Waals surface area contributed by atoms with Crippen molar-refractivity contribution in [2.24, 2.45) is 5.73 Å². The van der Waals surface area contributed by atoms with Crippen molar-refractivity contribution in [1.29, 1.82) is 0 Å². The lowest BCUT2D eigenvalue weighted by Gasteiger charge is -2.07. The van der Waals surface area contributed by atoms with Gasteiger partial charge in [-0.15, -0.1) is 0 Å². The summed E-state index contributed by atoms with van der Waals surface area (Å²) in [6.45, 7) is 7.12. The zero-order valence-corrected chi connectivity index (χ0v) is 8.62. The standard InChI is InChI=1S/C12H17NO/c1-3-10(2)9-14-12-6-4-11(8-13)5-7-12/h4-7H,2-3,8-9,13H2,1H3. The summed E-state index contributed by atoms with van der Waals surface area (Å²) >= 11 is 0. The Balaban J connectivity index is 2.47. The molecular weight excluding hydrogens is 174 g/mol. The zero-order valence-electron chi connectivity index (χ0n) is 8.62. The maximum absolute atomic E-state index is 5.52. The van der Waals surface area contributed by atoms with Crippen LogP contribution in [0.4, 0.5) is 0 Å². The van der Waals surface area contributed by atoms with Gasteiger partial charge in [0.2, 0.25) is 0 Å². The fourth-order valence-corrected chi connectivity index (χ4v) is 1.01. The van der Waals surface area contributed by atoms with Crippen LogP contribution in [0.2, 0.25) is 0 Å². The average molecular weight is 191 g/mol. The molecule has 0 spiro atoms. The van der Waals surface area contributed by atoms with E-state index in [0.717, 1.165) is 23.3 Å². The van der Waals surface area contributed by atoms with Crippen LogP contribution in [0.15, 0.2) is 36.4 Å². The molecule has 0 fully saturated rings. The van der Waals surface area contributed by atoms with Crippen molar-refractivity contribution in [3.05, 3.63) is 42.0 Å². The predicted molar refractivity (Wildman–Crippen MR) is 59.3 cm³/mol. The van der Waals surface area contributed by atoms with Crippen LogP contribution in [0.25, 0.3) is 0 Å². The van der Waals surface area contributed by atoms with E-state index in [0.29, 0.717) is 13.2 Å². The Morgan fingerprint density at radius 2 is 2.00 bits per heavy atom. The highest BCUT2D eigenvalue weighted by Crippen LogP contribution is 2.12. The van der Waals surface area contributed by atoms with Gasteiger partial charge in [0.1, 0.15) is 12.4 Å². The number of hydrogen-bond donors (Lipinski definition) is 1. The molecule has 0 aliphatic heterocycles. The van der Waals surface area contributed by atoms with Gasteiger partial charge in [0.25, 0.3) is 0 Å². The van der Waals surface area contributed by atoms with Gasteiger partial charge in [-0.2, -0.15) is 0 Å². The first-order valence-electron chi connectivity index (χ1n) is 4.84. The third-order valence-electron chi connectivity index (χ3n) is 2.10. The molecule has 2 heteroatoms. The predicted octanol–water partition coefficient (Wildman–Crippen LogP) is 2.49. The molecule has 0 bridgehead atoms. The molecule has 0 heterocycles. The van der Waals surface area contributed by atoms with Crippen LogP contribution in [0.5, 0.6) is 5.75 Å². The molecule has 2 nitrogen and oxygen atoms in total. The van der Waals surface area contributed by atoms with Crippen LogP contribution in [0, 0.1) is 0 Å². The quantitative estimate of drug-likeness (QED) is 0.726. The minimum atomic E-state index is 0.571. The van der Waals surface area contributed by atoms with Gasteiger partial charge in [-0.25, -0.2) is 0 Å². The topological polar surface area (TPSA) is 35.2 Å². The molecule has 0 radical (unpaired) electrons. The Morgan fingerprint density at radius 3 is 2.50 bits per heavy atom. The molecule has 0 atom stereocenters. The lowest BCUT2D eigenvalue weighted by Crippen LogP contribution is -2.00. The van der Waals surface area contributed by atoms with Crippen LogP contribution >= 0.6 is 0 Å². The van der Waals surface area contributed by atoms with E-state index in [1.54, 1.807) is 0 Å². The third-order valence-corrected chi connectivity index (χ3v) is 2.10. The number of hydrogen-bond acceptors (Lipinski definition) is 2. The molecule has 0 aliphatic rings. The highest BCUT2D eigenvalue weighted by atomic mass is 16.5. The number of rotatable bonds is 5. The van der Waals surface area contributed by atoms with E-state index in [-0.39, 0.29) is 0 Å². The molecule has 14 heavy (non-hydrogen) atoms. The summed E-state index contributed by atoms with van der Waals surface area (Å²) < 4.78 is 5.52. The van der Waals surface area contributed by atoms with Crippen LogP contribution in [0.3, 0.4) is 0 Å². The minimum absolute atomic E-state index is 0.571. The molecule has 1 rings (SSSR count). The third kappa shape index (κ3) is 3.23. The molecule has 1 aromatic carbocycles. The van der Waals surface area contributed by atoms with E-state index in [1.807, 2.05) is 24.3 Å². The smallest absolute Gasteiger partial charge is 0.119 e. The van der Waals surface area contributed by atoms with Crippen molar-refractivity contribution >= 4 is 0 Å². The summed E-state index contributed by atoms with van der Waals surface area (Å²) in [5.41, 5.74) is 7.71. The average Bonchev–Trinajstić information content (AvgIpc) is 2.26. The first-order chi connectivity index (χ1) is 6.76. The highest BCUT2D eigenvalue weighted by Gasteiger charge is 1.95. The van der Waals surface area contributed by atoms with E-state index in [1.165, 1.54) is 0 Å². The molecule has 0 saturated heterocycles. The Bertz CT molecular complexity index is 290. The van der Waals surface area contributed by atoms with E-state index in [2.05, 4.69) is 13.5 Å². The lowest BCUT2D eigenvalue weighted by molar-refractivity contribution is 0.349.